The van der Waals surface area contributed by atoms with Gasteiger partial charge in [0.05, 0.1) is 29.1 Å². The number of carbonyl (C=O) groups is 1. The SMILES string of the molecule is CC1=C(C(=O)Nc2cccnc2)C(c2ccc(C#N)cc2)n2nc(-c3cccc(C)c3)nc2N1. The Bertz CT molecular complexity index is 1450. The van der Waals surface area contributed by atoms with Crippen LogP contribution in [0.25, 0.3) is 11.4 Å². The average molecular weight is 448 g/mol. The molecule has 1 amide bonds. The van der Waals surface area contributed by atoms with Crippen molar-refractivity contribution < 1.29 is 4.79 Å². The average Bonchev–Trinajstić information content (AvgIpc) is 3.27. The number of pyridine rings is 1. The van der Waals surface area contributed by atoms with E-state index in [0.717, 1.165) is 16.7 Å². The van der Waals surface area contributed by atoms with E-state index in [1.165, 1.54) is 0 Å². The Balaban J connectivity index is 1.61. The second-order valence-corrected chi connectivity index (χ2v) is 8.07. The molecule has 34 heavy (non-hydrogen) atoms. The molecule has 0 saturated carbocycles. The first-order valence-electron chi connectivity index (χ1n) is 10.8. The molecule has 166 valence electrons. The number of nitriles is 1. The van der Waals surface area contributed by atoms with Gasteiger partial charge in [-0.3, -0.25) is 9.78 Å². The molecule has 8 heteroatoms. The van der Waals surface area contributed by atoms with Crippen molar-refractivity contribution in [2.24, 2.45) is 0 Å². The highest BCUT2D eigenvalue weighted by molar-refractivity contribution is 6.05. The number of hydrogen-bond donors (Lipinski definition) is 2. The molecule has 5 rings (SSSR count). The lowest BCUT2D eigenvalue weighted by Gasteiger charge is -2.28. The quantitative estimate of drug-likeness (QED) is 0.479. The second-order valence-electron chi connectivity index (χ2n) is 8.07. The molecule has 1 aliphatic rings. The molecular formula is C26H21N7O. The van der Waals surface area contributed by atoms with E-state index in [9.17, 15) is 10.1 Å². The monoisotopic (exact) mass is 447 g/mol. The number of nitrogens with zero attached hydrogens (tertiary/aromatic N) is 5. The maximum atomic E-state index is 13.5. The Morgan fingerprint density at radius 2 is 1.94 bits per heavy atom. The summed E-state index contributed by atoms with van der Waals surface area (Å²) in [6.45, 7) is 3.86. The Hall–Kier alpha value is -4.77. The fourth-order valence-electron chi connectivity index (χ4n) is 4.03. The first-order chi connectivity index (χ1) is 16.5. The van der Waals surface area contributed by atoms with Crippen molar-refractivity contribution in [3.63, 3.8) is 0 Å². The second kappa shape index (κ2) is 8.64. The fraction of sp³-hybridized carbons (Fsp3) is 0.115. The smallest absolute Gasteiger partial charge is 0.255 e. The van der Waals surface area contributed by atoms with Crippen LogP contribution in [0.3, 0.4) is 0 Å². The highest BCUT2D eigenvalue weighted by atomic mass is 16.1. The number of rotatable bonds is 4. The third-order valence-corrected chi connectivity index (χ3v) is 5.65. The number of anilines is 2. The number of nitrogens with one attached hydrogen (secondary N) is 2. The summed E-state index contributed by atoms with van der Waals surface area (Å²) in [5.74, 6) is 0.832. The van der Waals surface area contributed by atoms with Gasteiger partial charge in [-0.25, -0.2) is 4.68 Å². The van der Waals surface area contributed by atoms with E-state index in [1.54, 1.807) is 41.3 Å². The van der Waals surface area contributed by atoms with E-state index < -0.39 is 6.04 Å². The lowest BCUT2D eigenvalue weighted by molar-refractivity contribution is -0.113. The summed E-state index contributed by atoms with van der Waals surface area (Å²) in [6, 6.07) is 20.3. The van der Waals surface area contributed by atoms with Crippen molar-refractivity contribution >= 4 is 17.5 Å². The number of hydrogen-bond acceptors (Lipinski definition) is 6. The minimum atomic E-state index is -0.535. The molecule has 4 aromatic rings. The van der Waals surface area contributed by atoms with E-state index in [0.29, 0.717) is 34.3 Å². The van der Waals surface area contributed by atoms with Crippen molar-refractivity contribution in [3.8, 4) is 17.5 Å². The molecule has 0 aliphatic carbocycles. The summed E-state index contributed by atoms with van der Waals surface area (Å²) in [5, 5.41) is 20.2. The Morgan fingerprint density at radius 1 is 1.12 bits per heavy atom. The van der Waals surface area contributed by atoms with Crippen LogP contribution in [0.2, 0.25) is 0 Å². The van der Waals surface area contributed by atoms with Gasteiger partial charge in [-0.1, -0.05) is 35.9 Å². The minimum Gasteiger partial charge on any atom is -0.328 e. The van der Waals surface area contributed by atoms with E-state index >= 15 is 0 Å². The summed E-state index contributed by atoms with van der Waals surface area (Å²) in [6.07, 6.45) is 3.24. The Morgan fingerprint density at radius 3 is 2.65 bits per heavy atom. The number of allylic oxidation sites excluding steroid dienone is 1. The summed E-state index contributed by atoms with van der Waals surface area (Å²) < 4.78 is 1.73. The Labute approximate surface area is 196 Å². The molecule has 1 unspecified atom stereocenters. The van der Waals surface area contributed by atoms with Gasteiger partial charge in [0.1, 0.15) is 6.04 Å². The molecule has 1 atom stereocenters. The molecule has 8 nitrogen and oxygen atoms in total. The largest absolute Gasteiger partial charge is 0.328 e. The van der Waals surface area contributed by atoms with Gasteiger partial charge in [0.15, 0.2) is 5.82 Å². The summed E-state index contributed by atoms with van der Waals surface area (Å²) in [5.41, 5.74) is 5.12. The number of fused-ring (bicyclic) bond motifs is 1. The first kappa shape index (κ1) is 21.1. The van der Waals surface area contributed by atoms with Crippen LogP contribution in [-0.2, 0) is 4.79 Å². The van der Waals surface area contributed by atoms with Crippen LogP contribution < -0.4 is 10.6 Å². The number of benzene rings is 2. The lowest BCUT2D eigenvalue weighted by atomic mass is 9.94. The van der Waals surface area contributed by atoms with Crippen LogP contribution in [0, 0.1) is 18.3 Å². The highest BCUT2D eigenvalue weighted by Crippen LogP contribution is 2.37. The lowest BCUT2D eigenvalue weighted by Crippen LogP contribution is -2.31. The molecule has 2 aromatic heterocycles. The van der Waals surface area contributed by atoms with E-state index in [4.69, 9.17) is 10.1 Å². The van der Waals surface area contributed by atoms with Gasteiger partial charge in [0.25, 0.3) is 5.91 Å². The predicted molar refractivity (Wildman–Crippen MR) is 129 cm³/mol. The molecule has 0 spiro atoms. The van der Waals surface area contributed by atoms with E-state index in [2.05, 4.69) is 21.7 Å². The number of aryl methyl sites for hydroxylation is 1. The first-order valence-corrected chi connectivity index (χ1v) is 10.8. The maximum absolute atomic E-state index is 13.5. The van der Waals surface area contributed by atoms with E-state index in [1.807, 2.05) is 50.2 Å². The van der Waals surface area contributed by atoms with Crippen molar-refractivity contribution in [1.29, 1.82) is 5.26 Å². The molecule has 0 bridgehead atoms. The third kappa shape index (κ3) is 3.91. The van der Waals surface area contributed by atoms with Crippen LogP contribution in [0.5, 0.6) is 0 Å². The molecule has 3 heterocycles. The van der Waals surface area contributed by atoms with Crippen LogP contribution in [-0.4, -0.2) is 25.7 Å². The topological polar surface area (TPSA) is 109 Å². The van der Waals surface area contributed by atoms with Gasteiger partial charge in [-0.2, -0.15) is 10.2 Å². The molecule has 2 aromatic carbocycles. The third-order valence-electron chi connectivity index (χ3n) is 5.65. The fourth-order valence-corrected chi connectivity index (χ4v) is 4.03. The number of amides is 1. The van der Waals surface area contributed by atoms with Crippen LogP contribution >= 0.6 is 0 Å². The molecule has 2 N–H and O–H groups in total. The molecule has 1 aliphatic heterocycles. The van der Waals surface area contributed by atoms with Gasteiger partial charge in [0.2, 0.25) is 5.95 Å². The van der Waals surface area contributed by atoms with Crippen molar-refractivity contribution in [3.05, 3.63) is 101 Å². The van der Waals surface area contributed by atoms with Crippen LogP contribution in [0.1, 0.15) is 29.7 Å². The Kier molecular flexibility index (Phi) is 5.36. The zero-order chi connectivity index (χ0) is 23.7. The van der Waals surface area contributed by atoms with Gasteiger partial charge < -0.3 is 10.6 Å². The minimum absolute atomic E-state index is 0.273. The van der Waals surface area contributed by atoms with Crippen molar-refractivity contribution in [1.82, 2.24) is 19.7 Å². The molecule has 0 fully saturated rings. The van der Waals surface area contributed by atoms with Gasteiger partial charge in [-0.15, -0.1) is 5.10 Å². The van der Waals surface area contributed by atoms with E-state index in [-0.39, 0.29) is 5.91 Å². The summed E-state index contributed by atoms with van der Waals surface area (Å²) >= 11 is 0. The van der Waals surface area contributed by atoms with Crippen LogP contribution in [0.4, 0.5) is 11.6 Å². The van der Waals surface area contributed by atoms with Gasteiger partial charge in [0, 0.05) is 17.5 Å². The summed E-state index contributed by atoms with van der Waals surface area (Å²) in [7, 11) is 0. The van der Waals surface area contributed by atoms with Crippen molar-refractivity contribution in [2.75, 3.05) is 10.6 Å². The van der Waals surface area contributed by atoms with Crippen LogP contribution in [0.15, 0.2) is 84.3 Å². The number of aromatic nitrogens is 4. The maximum Gasteiger partial charge on any atom is 0.255 e. The zero-order valence-electron chi connectivity index (χ0n) is 18.6. The molecular weight excluding hydrogens is 426 g/mol. The zero-order valence-corrected chi connectivity index (χ0v) is 18.6. The highest BCUT2D eigenvalue weighted by Gasteiger charge is 2.34. The van der Waals surface area contributed by atoms with Gasteiger partial charge >= 0.3 is 0 Å². The standard InChI is InChI=1S/C26H21N7O/c1-16-5-3-6-20(13-16)24-31-26-29-17(2)22(25(34)30-21-7-4-12-28-15-21)23(33(26)32-24)19-10-8-18(14-27)9-11-19/h3-13,15,23H,1-2H3,(H,30,34)(H,29,31,32). The number of carbonyl (C=O) groups excluding carboxylic acids is 1. The normalized spacial score (nSPS) is 14.7. The summed E-state index contributed by atoms with van der Waals surface area (Å²) in [4.78, 5) is 22.3. The molecule has 0 radical (unpaired) electrons. The predicted octanol–water partition coefficient (Wildman–Crippen LogP) is 4.45. The molecule has 0 saturated heterocycles. The van der Waals surface area contributed by atoms with Gasteiger partial charge in [-0.05, 0) is 49.7 Å². The van der Waals surface area contributed by atoms with Crippen molar-refractivity contribution in [2.45, 2.75) is 19.9 Å².